The fraction of sp³-hybridized carbons (Fsp3) is 0.0667. The highest BCUT2D eigenvalue weighted by atomic mass is 32.1. The van der Waals surface area contributed by atoms with Crippen LogP contribution in [0.25, 0.3) is 15.5 Å². The summed E-state index contributed by atoms with van der Waals surface area (Å²) >= 11 is 1.22. The topological polar surface area (TPSA) is 64.2 Å². The van der Waals surface area contributed by atoms with Crippen molar-refractivity contribution in [1.29, 1.82) is 0 Å². The van der Waals surface area contributed by atoms with Crippen LogP contribution in [0.15, 0.2) is 36.5 Å². The summed E-state index contributed by atoms with van der Waals surface area (Å²) in [5, 5.41) is 7.74. The van der Waals surface area contributed by atoms with Gasteiger partial charge in [0.25, 0.3) is 11.7 Å². The van der Waals surface area contributed by atoms with E-state index in [0.29, 0.717) is 15.7 Å². The zero-order valence-corrected chi connectivity index (χ0v) is 12.8. The van der Waals surface area contributed by atoms with Gasteiger partial charge in [0.05, 0.1) is 18.8 Å². The van der Waals surface area contributed by atoms with E-state index >= 15 is 0 Å². The van der Waals surface area contributed by atoms with E-state index in [2.05, 4.69) is 20.2 Å². The fourth-order valence-electron chi connectivity index (χ4n) is 1.98. The van der Waals surface area contributed by atoms with E-state index in [1.807, 2.05) is 0 Å². The average molecular weight is 327 g/mol. The lowest BCUT2D eigenvalue weighted by molar-refractivity contribution is 0.102. The quantitative estimate of drug-likeness (QED) is 0.749. The second-order valence-electron chi connectivity index (χ2n) is 4.59. The van der Waals surface area contributed by atoms with Gasteiger partial charge >= 0.3 is 0 Å². The second kappa shape index (κ2) is 5.98. The van der Waals surface area contributed by atoms with E-state index in [-0.39, 0.29) is 11.4 Å². The number of hydrogen-bond donors (Lipinski definition) is 1. The van der Waals surface area contributed by atoms with Gasteiger partial charge in [0.2, 0.25) is 0 Å². The van der Waals surface area contributed by atoms with Gasteiger partial charge in [0, 0.05) is 0 Å². The van der Waals surface area contributed by atoms with Crippen molar-refractivity contribution in [3.05, 3.63) is 59.3 Å². The minimum absolute atomic E-state index is 0.0294. The molecule has 0 atom stereocenters. The molecule has 8 heteroatoms. The van der Waals surface area contributed by atoms with Crippen LogP contribution in [0.1, 0.15) is 10.4 Å². The van der Waals surface area contributed by atoms with Crippen molar-refractivity contribution >= 4 is 28.1 Å². The first-order valence-corrected chi connectivity index (χ1v) is 7.33. The third-order valence-corrected chi connectivity index (χ3v) is 4.00. The van der Waals surface area contributed by atoms with Crippen LogP contribution in [0.2, 0.25) is 0 Å². The van der Waals surface area contributed by atoms with Crippen LogP contribution in [0.5, 0.6) is 0 Å². The predicted octanol–water partition coefficient (Wildman–Crippen LogP) is 3.49. The lowest BCUT2D eigenvalue weighted by Gasteiger charge is -2.02. The molecule has 0 aliphatic heterocycles. The highest BCUT2D eigenvalue weighted by Gasteiger charge is 2.16. The van der Waals surface area contributed by atoms with Crippen molar-refractivity contribution in [3.8, 4) is 10.7 Å². The van der Waals surface area contributed by atoms with Crippen LogP contribution in [-0.4, -0.2) is 20.7 Å². The van der Waals surface area contributed by atoms with Gasteiger partial charge < -0.3 is 10.2 Å². The zero-order valence-electron chi connectivity index (χ0n) is 11.9. The Labute approximate surface area is 135 Å². The molecule has 0 spiro atoms. The highest BCUT2D eigenvalue weighted by Crippen LogP contribution is 2.30. The summed E-state index contributed by atoms with van der Waals surface area (Å²) in [5.74, 6) is -0.845. The molecule has 0 aliphatic carbocycles. The molecule has 0 saturated carbocycles. The van der Waals surface area contributed by atoms with Gasteiger partial charge in [-0.3, -0.25) is 4.79 Å². The molecule has 1 N–H and O–H groups in total. The minimum atomic E-state index is -0.580. The lowest BCUT2D eigenvalue weighted by atomic mass is 10.2. The number of hydrogen-bond acceptors (Lipinski definition) is 4. The number of benzene rings is 1. The monoisotopic (exact) mass is 327 g/mol. The maximum atomic E-state index is 13.6. The lowest BCUT2D eigenvalue weighted by Crippen LogP contribution is -2.12. The van der Waals surface area contributed by atoms with Gasteiger partial charge in [-0.25, -0.2) is 9.37 Å². The van der Waals surface area contributed by atoms with Crippen molar-refractivity contribution < 1.29 is 9.18 Å². The molecule has 0 saturated heterocycles. The van der Waals surface area contributed by atoms with Crippen LogP contribution in [0.3, 0.4) is 0 Å². The number of rotatable bonds is 3. The number of nitrogens with one attached hydrogen (secondary N) is 1. The maximum Gasteiger partial charge on any atom is 0.296 e. The van der Waals surface area contributed by atoms with E-state index < -0.39 is 11.7 Å². The molecule has 1 amide bonds. The van der Waals surface area contributed by atoms with Crippen LogP contribution in [0, 0.1) is 12.4 Å². The first-order chi connectivity index (χ1) is 11.1. The molecule has 1 aromatic carbocycles. The molecule has 6 nitrogen and oxygen atoms in total. The second-order valence-corrected chi connectivity index (χ2v) is 5.62. The van der Waals surface area contributed by atoms with Crippen LogP contribution in [-0.2, 0) is 7.05 Å². The summed E-state index contributed by atoms with van der Waals surface area (Å²) in [7, 11) is 1.71. The van der Waals surface area contributed by atoms with E-state index in [1.165, 1.54) is 35.7 Å². The standard InChI is InChI=1S/C15H10FN5OS/c1-17-12-7-11(21(2)20-12)15-18-8-13(23-15)19-14(22)9-5-3-4-6-10(9)16/h3-8H,2H3,(H,19,22). The van der Waals surface area contributed by atoms with Crippen molar-refractivity contribution in [3.63, 3.8) is 0 Å². The number of thiazole rings is 1. The van der Waals surface area contributed by atoms with Crippen LogP contribution >= 0.6 is 11.3 Å². The fourth-order valence-corrected chi connectivity index (χ4v) is 2.84. The van der Waals surface area contributed by atoms with E-state index in [1.54, 1.807) is 23.9 Å². The molecular weight excluding hydrogens is 317 g/mol. The third kappa shape index (κ3) is 2.95. The number of nitrogens with zero attached hydrogens (tertiary/aromatic N) is 4. The molecule has 0 fully saturated rings. The number of anilines is 1. The zero-order chi connectivity index (χ0) is 16.4. The summed E-state index contributed by atoms with van der Waals surface area (Å²) in [6.45, 7) is 6.97. The first-order valence-electron chi connectivity index (χ1n) is 6.52. The number of halogens is 1. The Kier molecular flexibility index (Phi) is 3.87. The summed E-state index contributed by atoms with van der Waals surface area (Å²) in [5.41, 5.74) is 0.644. The Balaban J connectivity index is 1.83. The molecular formula is C15H10FN5OS. The number of aryl methyl sites for hydroxylation is 1. The minimum Gasteiger partial charge on any atom is -0.359 e. The van der Waals surface area contributed by atoms with E-state index in [4.69, 9.17) is 6.57 Å². The Hall–Kier alpha value is -3.05. The average Bonchev–Trinajstić information content (AvgIpc) is 3.13. The highest BCUT2D eigenvalue weighted by molar-refractivity contribution is 7.19. The maximum absolute atomic E-state index is 13.6. The number of carbonyl (C=O) groups is 1. The Bertz CT molecular complexity index is 924. The predicted molar refractivity (Wildman–Crippen MR) is 84.9 cm³/mol. The van der Waals surface area contributed by atoms with Gasteiger partial charge in [-0.1, -0.05) is 30.0 Å². The Morgan fingerprint density at radius 2 is 2.22 bits per heavy atom. The number of aromatic nitrogens is 3. The van der Waals surface area contributed by atoms with Gasteiger partial charge in [-0.15, -0.1) is 0 Å². The molecule has 114 valence electrons. The summed E-state index contributed by atoms with van der Waals surface area (Å²) in [6, 6.07) is 7.38. The number of amides is 1. The van der Waals surface area contributed by atoms with Gasteiger partial charge in [-0.05, 0) is 23.3 Å². The van der Waals surface area contributed by atoms with Crippen molar-refractivity contribution in [1.82, 2.24) is 14.8 Å². The molecule has 0 radical (unpaired) electrons. The molecule has 3 aromatic rings. The number of carbonyl (C=O) groups excluding carboxylic acids is 1. The molecule has 3 rings (SSSR count). The summed E-state index contributed by atoms with van der Waals surface area (Å²) in [6.07, 6.45) is 1.49. The third-order valence-electron chi connectivity index (χ3n) is 3.06. The van der Waals surface area contributed by atoms with E-state index in [0.717, 1.165) is 0 Å². The smallest absolute Gasteiger partial charge is 0.296 e. The largest absolute Gasteiger partial charge is 0.359 e. The Morgan fingerprint density at radius 1 is 1.43 bits per heavy atom. The summed E-state index contributed by atoms with van der Waals surface area (Å²) < 4.78 is 15.1. The van der Waals surface area contributed by atoms with Crippen molar-refractivity contribution in [2.45, 2.75) is 0 Å². The van der Waals surface area contributed by atoms with Crippen molar-refractivity contribution in [2.24, 2.45) is 7.05 Å². The van der Waals surface area contributed by atoms with Crippen LogP contribution < -0.4 is 5.32 Å². The van der Waals surface area contributed by atoms with Gasteiger partial charge in [0.15, 0.2) is 0 Å². The van der Waals surface area contributed by atoms with Gasteiger partial charge in [0.1, 0.15) is 21.5 Å². The molecule has 0 unspecified atom stereocenters. The van der Waals surface area contributed by atoms with Crippen molar-refractivity contribution in [2.75, 3.05) is 5.32 Å². The molecule has 2 aromatic heterocycles. The normalized spacial score (nSPS) is 10.3. The first kappa shape index (κ1) is 14.9. The van der Waals surface area contributed by atoms with E-state index in [9.17, 15) is 9.18 Å². The molecule has 0 bridgehead atoms. The van der Waals surface area contributed by atoms with Crippen LogP contribution in [0.4, 0.5) is 15.2 Å². The summed E-state index contributed by atoms with van der Waals surface area (Å²) in [4.78, 5) is 19.5. The molecule has 2 heterocycles. The molecule has 0 aliphatic rings. The Morgan fingerprint density at radius 3 is 2.91 bits per heavy atom. The van der Waals surface area contributed by atoms with Gasteiger partial charge in [-0.2, -0.15) is 4.68 Å². The molecule has 23 heavy (non-hydrogen) atoms. The SMILES string of the molecule is [C-]#[N+]c1cc(-c2ncc(NC(=O)c3ccccc3F)s2)n(C)n1.